The molecule has 46 heavy (non-hydrogen) atoms. The predicted octanol–water partition coefficient (Wildman–Crippen LogP) is 5.16. The van der Waals surface area contributed by atoms with Crippen LogP contribution in [0.15, 0.2) is 72.8 Å². The summed E-state index contributed by atoms with van der Waals surface area (Å²) in [5.41, 5.74) is -1.02. The highest BCUT2D eigenvalue weighted by Crippen LogP contribution is 2.59. The molecule has 2 saturated heterocycles. The van der Waals surface area contributed by atoms with Crippen molar-refractivity contribution in [2.24, 2.45) is 11.8 Å². The first-order chi connectivity index (χ1) is 22.3. The van der Waals surface area contributed by atoms with Gasteiger partial charge in [0, 0.05) is 42.6 Å². The Morgan fingerprint density at radius 2 is 1.46 bits per heavy atom. The number of ether oxygens (including phenoxy) is 2. The number of anilines is 2. The number of likely N-dealkylation sites (tertiary alicyclic amines) is 1. The molecule has 0 radical (unpaired) electrons. The third-order valence-electron chi connectivity index (χ3n) is 9.84. The van der Waals surface area contributed by atoms with E-state index in [9.17, 15) is 19.5 Å². The molecule has 2 fully saturated rings. The molecule has 5 atom stereocenters. The van der Waals surface area contributed by atoms with E-state index in [4.69, 9.17) is 21.1 Å². The Balaban J connectivity index is 1.41. The van der Waals surface area contributed by atoms with Gasteiger partial charge in [0.25, 0.3) is 5.91 Å². The molecule has 244 valence electrons. The standard InChI is InChI=1S/C36H42ClN3O6/c1-3-35-19-9-22-38(27-15-17-28(18-16-27)45-4-2)32(42)29(35)30-33(43)40(21-7-5-6-8-24-41)31-34(44)39(23-10-20-36(30,31)46-35)26-13-11-25(37)12-14-26/h9-20,29-31,41H,3-8,21-24H2,1-2H3/t29-,30-,31?,35+,36-/m0/s1. The number of benzene rings is 2. The van der Waals surface area contributed by atoms with Crippen molar-refractivity contribution in [2.75, 3.05) is 42.6 Å². The number of hydrogen-bond acceptors (Lipinski definition) is 6. The molecule has 0 aromatic heterocycles. The van der Waals surface area contributed by atoms with Gasteiger partial charge in [-0.25, -0.2) is 0 Å². The number of carbonyl (C=O) groups is 3. The number of hydrogen-bond donors (Lipinski definition) is 1. The predicted molar refractivity (Wildman–Crippen MR) is 177 cm³/mol. The molecular formula is C36H42ClN3O6. The summed E-state index contributed by atoms with van der Waals surface area (Å²) in [6.07, 6.45) is 11.1. The molecule has 0 aliphatic carbocycles. The van der Waals surface area contributed by atoms with Crippen molar-refractivity contribution in [3.8, 4) is 5.75 Å². The molecule has 1 N–H and O–H groups in total. The Labute approximate surface area is 275 Å². The van der Waals surface area contributed by atoms with Crippen LogP contribution >= 0.6 is 11.6 Å². The second kappa shape index (κ2) is 13.2. The van der Waals surface area contributed by atoms with Gasteiger partial charge in [-0.1, -0.05) is 55.7 Å². The topological polar surface area (TPSA) is 99.6 Å². The Morgan fingerprint density at radius 3 is 2.11 bits per heavy atom. The van der Waals surface area contributed by atoms with Gasteiger partial charge in [0.15, 0.2) is 0 Å². The van der Waals surface area contributed by atoms with E-state index in [1.165, 1.54) is 0 Å². The summed E-state index contributed by atoms with van der Waals surface area (Å²) < 4.78 is 12.7. The minimum absolute atomic E-state index is 0.116. The Bertz CT molecular complexity index is 1510. The molecule has 4 aliphatic rings. The van der Waals surface area contributed by atoms with Crippen LogP contribution in [0.5, 0.6) is 5.75 Å². The number of carbonyl (C=O) groups excluding carboxylic acids is 3. The molecule has 6 rings (SSSR count). The van der Waals surface area contributed by atoms with Gasteiger partial charge in [-0.15, -0.1) is 0 Å². The fourth-order valence-corrected chi connectivity index (χ4v) is 7.85. The number of aliphatic hydroxyl groups excluding tert-OH is 1. The first-order valence-corrected chi connectivity index (χ1v) is 16.8. The number of unbranched alkanes of at least 4 members (excludes halogenated alkanes) is 3. The fraction of sp³-hybridized carbons (Fsp3) is 0.472. The van der Waals surface area contributed by atoms with Gasteiger partial charge in [0.1, 0.15) is 17.4 Å². The molecule has 10 heteroatoms. The van der Waals surface area contributed by atoms with Crippen molar-refractivity contribution in [1.29, 1.82) is 0 Å². The third kappa shape index (κ3) is 5.42. The molecule has 1 spiro atoms. The number of fused-ring (bicyclic) bond motifs is 2. The normalized spacial score (nSPS) is 28.7. The van der Waals surface area contributed by atoms with Crippen LogP contribution in [0.2, 0.25) is 5.02 Å². The highest BCUT2D eigenvalue weighted by atomic mass is 35.5. The zero-order valence-corrected chi connectivity index (χ0v) is 27.2. The van der Waals surface area contributed by atoms with Gasteiger partial charge in [-0.2, -0.15) is 0 Å². The minimum atomic E-state index is -1.33. The summed E-state index contributed by atoms with van der Waals surface area (Å²) in [5.74, 6) is -1.70. The SMILES string of the molecule is CCOc1ccc(N2CC=C[C@@]3(CC)O[C@]45C=CCN(c6ccc(Cl)cc6)C(=O)C4N(CCCCCCO)C(=O)[C@@H]5[C@H]3C2=O)cc1. The lowest BCUT2D eigenvalue weighted by atomic mass is 9.73. The molecule has 1 unspecified atom stereocenters. The van der Waals surface area contributed by atoms with Crippen LogP contribution in [0.25, 0.3) is 0 Å². The average molecular weight is 648 g/mol. The van der Waals surface area contributed by atoms with Gasteiger partial charge in [-0.05, 0) is 74.7 Å². The number of rotatable bonds is 11. The van der Waals surface area contributed by atoms with Crippen molar-refractivity contribution in [3.63, 3.8) is 0 Å². The van der Waals surface area contributed by atoms with Crippen LogP contribution in [-0.4, -0.2) is 77.8 Å². The molecular weight excluding hydrogens is 606 g/mol. The molecule has 4 aliphatic heterocycles. The molecule has 0 bridgehead atoms. The van der Waals surface area contributed by atoms with Crippen LogP contribution in [0.1, 0.15) is 46.0 Å². The fourth-order valence-electron chi connectivity index (χ4n) is 7.72. The van der Waals surface area contributed by atoms with Crippen molar-refractivity contribution in [2.45, 2.75) is 63.2 Å². The Kier molecular flexibility index (Phi) is 9.28. The summed E-state index contributed by atoms with van der Waals surface area (Å²) >= 11 is 6.17. The lowest BCUT2D eigenvalue weighted by Gasteiger charge is -2.38. The van der Waals surface area contributed by atoms with E-state index in [0.717, 1.165) is 12.8 Å². The molecule has 2 aromatic carbocycles. The quantitative estimate of drug-likeness (QED) is 0.267. The average Bonchev–Trinajstić information content (AvgIpc) is 3.34. The molecule has 0 saturated carbocycles. The smallest absolute Gasteiger partial charge is 0.253 e. The maximum atomic E-state index is 14.7. The molecule has 9 nitrogen and oxygen atoms in total. The van der Waals surface area contributed by atoms with E-state index in [1.54, 1.807) is 39.0 Å². The van der Waals surface area contributed by atoms with Crippen molar-refractivity contribution in [1.82, 2.24) is 4.90 Å². The van der Waals surface area contributed by atoms with E-state index in [0.29, 0.717) is 67.7 Å². The summed E-state index contributed by atoms with van der Waals surface area (Å²) in [6, 6.07) is 13.5. The van der Waals surface area contributed by atoms with E-state index in [1.807, 2.05) is 62.4 Å². The zero-order valence-electron chi connectivity index (χ0n) is 26.4. The van der Waals surface area contributed by atoms with Crippen LogP contribution < -0.4 is 14.5 Å². The summed E-state index contributed by atoms with van der Waals surface area (Å²) in [7, 11) is 0. The van der Waals surface area contributed by atoms with Gasteiger partial charge in [0.05, 0.1) is 24.0 Å². The summed E-state index contributed by atoms with van der Waals surface area (Å²) in [6.45, 7) is 5.51. The van der Waals surface area contributed by atoms with Crippen molar-refractivity contribution < 1.29 is 29.0 Å². The maximum Gasteiger partial charge on any atom is 0.253 e. The first kappa shape index (κ1) is 32.3. The number of nitrogens with zero attached hydrogens (tertiary/aromatic N) is 3. The van der Waals surface area contributed by atoms with Crippen LogP contribution in [-0.2, 0) is 19.1 Å². The van der Waals surface area contributed by atoms with E-state index in [-0.39, 0.29) is 24.3 Å². The lowest BCUT2D eigenvalue weighted by molar-refractivity contribution is -0.145. The van der Waals surface area contributed by atoms with Crippen molar-refractivity contribution >= 4 is 40.7 Å². The highest BCUT2D eigenvalue weighted by Gasteiger charge is 2.75. The second-order valence-corrected chi connectivity index (χ2v) is 12.8. The van der Waals surface area contributed by atoms with Crippen LogP contribution in [0, 0.1) is 11.8 Å². The summed E-state index contributed by atoms with van der Waals surface area (Å²) in [5, 5.41) is 9.81. The Hall–Kier alpha value is -3.66. The number of halogens is 1. The minimum Gasteiger partial charge on any atom is -0.494 e. The third-order valence-corrected chi connectivity index (χ3v) is 10.1. The van der Waals surface area contributed by atoms with Crippen LogP contribution in [0.3, 0.4) is 0 Å². The van der Waals surface area contributed by atoms with Crippen LogP contribution in [0.4, 0.5) is 11.4 Å². The Morgan fingerprint density at radius 1 is 0.826 bits per heavy atom. The highest BCUT2D eigenvalue weighted by molar-refractivity contribution is 6.30. The first-order valence-electron chi connectivity index (χ1n) is 16.4. The van der Waals surface area contributed by atoms with Gasteiger partial charge in [0.2, 0.25) is 11.8 Å². The van der Waals surface area contributed by atoms with E-state index in [2.05, 4.69) is 0 Å². The molecule has 2 aromatic rings. The summed E-state index contributed by atoms with van der Waals surface area (Å²) in [4.78, 5) is 49.2. The van der Waals surface area contributed by atoms with Gasteiger partial charge >= 0.3 is 0 Å². The van der Waals surface area contributed by atoms with Gasteiger partial charge < -0.3 is 29.3 Å². The molecule has 3 amide bonds. The van der Waals surface area contributed by atoms with E-state index >= 15 is 0 Å². The number of amides is 3. The van der Waals surface area contributed by atoms with Crippen molar-refractivity contribution in [3.05, 3.63) is 77.9 Å². The van der Waals surface area contributed by atoms with E-state index < -0.39 is 29.1 Å². The maximum absolute atomic E-state index is 14.7. The molecule has 4 heterocycles. The zero-order chi connectivity index (χ0) is 32.5. The number of aliphatic hydroxyl groups is 1. The monoisotopic (exact) mass is 647 g/mol. The second-order valence-electron chi connectivity index (χ2n) is 12.4. The largest absolute Gasteiger partial charge is 0.494 e. The van der Waals surface area contributed by atoms with Gasteiger partial charge in [-0.3, -0.25) is 14.4 Å². The lowest BCUT2D eigenvalue weighted by Crippen LogP contribution is -2.56.